The van der Waals surface area contributed by atoms with Gasteiger partial charge in [0.1, 0.15) is 0 Å². The summed E-state index contributed by atoms with van der Waals surface area (Å²) < 4.78 is 0. The molecule has 4 nitrogen and oxygen atoms in total. The lowest BCUT2D eigenvalue weighted by Crippen LogP contribution is -1.96. The van der Waals surface area contributed by atoms with Crippen LogP contribution in [0.4, 0.5) is 0 Å². The number of carbonyl (C=O) groups excluding carboxylic acids is 1. The molecule has 0 unspecified atom stereocenters. The number of ketones is 1. The molecule has 4 heteroatoms. The number of para-hydroxylation sites is 2. The third-order valence-corrected chi connectivity index (χ3v) is 13.7. The predicted octanol–water partition coefficient (Wildman–Crippen LogP) is 17.2. The summed E-state index contributed by atoms with van der Waals surface area (Å²) in [6.07, 6.45) is 30.6. The Hall–Kier alpha value is -5.09. The van der Waals surface area contributed by atoms with Gasteiger partial charge in [-0.25, -0.2) is 9.97 Å². The summed E-state index contributed by atoms with van der Waals surface area (Å²) in [6, 6.07) is 36.2. The Labute approximate surface area is 391 Å². The molecule has 1 aliphatic carbocycles. The van der Waals surface area contributed by atoms with Gasteiger partial charge in [-0.1, -0.05) is 150 Å². The van der Waals surface area contributed by atoms with E-state index in [2.05, 4.69) is 111 Å². The highest BCUT2D eigenvalue weighted by atomic mass is 16.3. The molecular formula is C61H76N2O2. The Balaban J connectivity index is 0.982. The molecule has 2 heterocycles. The quantitative estimate of drug-likeness (QED) is 0.165. The first-order valence-electron chi connectivity index (χ1n) is 25.8. The van der Waals surface area contributed by atoms with Crippen molar-refractivity contribution < 1.29 is 9.90 Å². The van der Waals surface area contributed by atoms with Gasteiger partial charge in [-0.05, 0) is 149 Å². The van der Waals surface area contributed by atoms with Crippen LogP contribution in [0.3, 0.4) is 0 Å². The zero-order valence-electron chi connectivity index (χ0n) is 39.9. The van der Waals surface area contributed by atoms with Crippen molar-refractivity contribution in [1.82, 2.24) is 9.97 Å². The molecule has 7 rings (SSSR count). The number of carbonyl (C=O) groups is 1. The zero-order chi connectivity index (χ0) is 45.1. The number of fused-ring (bicyclic) bond motifs is 14. The normalized spacial score (nSPS) is 17.2. The molecule has 8 bridgehead atoms. The molecule has 1 aliphatic rings. The van der Waals surface area contributed by atoms with Crippen LogP contribution in [-0.2, 0) is 30.5 Å². The van der Waals surface area contributed by atoms with Crippen molar-refractivity contribution in [3.8, 4) is 22.5 Å². The van der Waals surface area contributed by atoms with E-state index in [1.807, 2.05) is 0 Å². The highest BCUT2D eigenvalue weighted by Gasteiger charge is 2.12. The Bertz CT molecular complexity index is 2480. The summed E-state index contributed by atoms with van der Waals surface area (Å²) in [6.45, 7) is 4.46. The molecule has 0 radical (unpaired) electrons. The number of aliphatic hydroxyl groups excluding tert-OH is 1. The Morgan fingerprint density at radius 1 is 0.400 bits per heavy atom. The number of pyridine rings is 2. The number of allylic oxidation sites excluding steroid dienone is 2. The average Bonchev–Trinajstić information content (AvgIpc) is 3.30. The van der Waals surface area contributed by atoms with Crippen molar-refractivity contribution in [2.75, 3.05) is 0 Å². The van der Waals surface area contributed by atoms with E-state index < -0.39 is 0 Å². The Kier molecular flexibility index (Phi) is 18.8. The molecule has 2 aromatic heterocycles. The van der Waals surface area contributed by atoms with Gasteiger partial charge in [0.15, 0.2) is 5.78 Å². The van der Waals surface area contributed by atoms with Crippen LogP contribution in [0.15, 0.2) is 109 Å². The van der Waals surface area contributed by atoms with Crippen LogP contribution in [0, 0.1) is 13.8 Å². The van der Waals surface area contributed by atoms with Crippen LogP contribution in [-0.4, -0.2) is 20.9 Å². The van der Waals surface area contributed by atoms with Crippen molar-refractivity contribution in [2.24, 2.45) is 0 Å². The first-order valence-corrected chi connectivity index (χ1v) is 25.8. The third kappa shape index (κ3) is 15.2. The predicted molar refractivity (Wildman–Crippen MR) is 276 cm³/mol. The van der Waals surface area contributed by atoms with Crippen LogP contribution in [0.5, 0.6) is 0 Å². The Morgan fingerprint density at radius 2 is 0.769 bits per heavy atom. The highest BCUT2D eigenvalue weighted by Crippen LogP contribution is 2.31. The maximum absolute atomic E-state index is 12.6. The molecule has 342 valence electrons. The van der Waals surface area contributed by atoms with Crippen LogP contribution < -0.4 is 0 Å². The molecule has 4 aromatic carbocycles. The van der Waals surface area contributed by atoms with E-state index in [9.17, 15) is 9.90 Å². The fourth-order valence-corrected chi connectivity index (χ4v) is 10.2. The number of benzene rings is 4. The SMILES string of the molecule is Cc1cc2cc(c1)-c1cc(c3ccccc3n1)CCCCCCCCCC(=O)C=C(O)CCCCCCCCCc1cc(nc3ccccc13)-c1cc(C)cc(c1)CCCCCCCC2. The lowest BCUT2D eigenvalue weighted by Gasteiger charge is -2.12. The van der Waals surface area contributed by atoms with E-state index in [0.29, 0.717) is 12.8 Å². The van der Waals surface area contributed by atoms with Gasteiger partial charge < -0.3 is 5.11 Å². The summed E-state index contributed by atoms with van der Waals surface area (Å²) in [4.78, 5) is 22.9. The molecule has 0 aliphatic heterocycles. The van der Waals surface area contributed by atoms with Crippen molar-refractivity contribution >= 4 is 27.6 Å². The molecule has 6 aromatic rings. The number of hydrogen-bond acceptors (Lipinski definition) is 4. The van der Waals surface area contributed by atoms with Gasteiger partial charge in [0.05, 0.1) is 28.2 Å². The molecule has 0 saturated carbocycles. The lowest BCUT2D eigenvalue weighted by atomic mass is 9.95. The van der Waals surface area contributed by atoms with Gasteiger partial charge >= 0.3 is 0 Å². The van der Waals surface area contributed by atoms with Gasteiger partial charge in [0.25, 0.3) is 0 Å². The van der Waals surface area contributed by atoms with Crippen molar-refractivity contribution in [3.05, 3.63) is 142 Å². The van der Waals surface area contributed by atoms with Gasteiger partial charge in [-0.3, -0.25) is 4.79 Å². The molecule has 0 saturated heterocycles. The first kappa shape index (κ1) is 47.9. The standard InChI is InChI=1S/C61H76N2O2/c1-46-37-48-27-17-11-9-10-12-18-28-49-38-47(2)40-53(42-49)61-44-51(57-34-24-26-36-59(57)63-61)30-20-14-6-4-8-16-22-32-55(65)45-54(64)31-21-15-7-3-5-13-19-29-50-43-60(52(39-46)41-48)62-58-35-25-23-33-56(50)58/h23-26,33-45,64H,3-22,27-32H2,1-2H3. The topological polar surface area (TPSA) is 63.1 Å². The second-order valence-electron chi connectivity index (χ2n) is 19.5. The molecule has 65 heavy (non-hydrogen) atoms. The summed E-state index contributed by atoms with van der Waals surface area (Å²) in [5, 5.41) is 13.0. The van der Waals surface area contributed by atoms with E-state index in [1.165, 1.54) is 158 Å². The maximum atomic E-state index is 12.6. The smallest absolute Gasteiger partial charge is 0.159 e. The summed E-state index contributed by atoms with van der Waals surface area (Å²) in [5.41, 5.74) is 15.1. The van der Waals surface area contributed by atoms with Crippen molar-refractivity contribution in [2.45, 2.75) is 181 Å². The Morgan fingerprint density at radius 3 is 1.22 bits per heavy atom. The number of aryl methyl sites for hydroxylation is 6. The summed E-state index contributed by atoms with van der Waals surface area (Å²) >= 11 is 0. The van der Waals surface area contributed by atoms with Gasteiger partial charge in [0, 0.05) is 40.8 Å². The molecule has 0 amide bonds. The first-order chi connectivity index (χ1) is 31.9. The minimum Gasteiger partial charge on any atom is -0.512 e. The number of aromatic nitrogens is 2. The van der Waals surface area contributed by atoms with Crippen LogP contribution in [0.1, 0.15) is 175 Å². The van der Waals surface area contributed by atoms with Gasteiger partial charge in [0.2, 0.25) is 0 Å². The zero-order valence-corrected chi connectivity index (χ0v) is 39.9. The van der Waals surface area contributed by atoms with Crippen LogP contribution in [0.2, 0.25) is 0 Å². The maximum Gasteiger partial charge on any atom is 0.159 e. The largest absolute Gasteiger partial charge is 0.512 e. The third-order valence-electron chi connectivity index (χ3n) is 13.7. The van der Waals surface area contributed by atoms with E-state index >= 15 is 0 Å². The van der Waals surface area contributed by atoms with E-state index in [-0.39, 0.29) is 11.5 Å². The second-order valence-corrected chi connectivity index (χ2v) is 19.5. The number of aliphatic hydroxyl groups is 1. The number of rotatable bonds is 0. The van der Waals surface area contributed by atoms with E-state index in [0.717, 1.165) is 80.2 Å². The second kappa shape index (κ2) is 25.6. The molecular weight excluding hydrogens is 793 g/mol. The van der Waals surface area contributed by atoms with E-state index in [4.69, 9.17) is 9.97 Å². The lowest BCUT2D eigenvalue weighted by molar-refractivity contribution is -0.114. The fraction of sp³-hybridized carbons (Fsp3) is 0.459. The summed E-state index contributed by atoms with van der Waals surface area (Å²) in [7, 11) is 0. The summed E-state index contributed by atoms with van der Waals surface area (Å²) in [5.74, 6) is 0.329. The highest BCUT2D eigenvalue weighted by molar-refractivity contribution is 5.90. The minimum absolute atomic E-state index is 0.0708. The molecule has 0 fully saturated rings. The van der Waals surface area contributed by atoms with E-state index in [1.54, 1.807) is 0 Å². The van der Waals surface area contributed by atoms with Gasteiger partial charge in [-0.15, -0.1) is 0 Å². The average molecular weight is 869 g/mol. The number of nitrogens with zero attached hydrogens (tertiary/aromatic N) is 2. The molecule has 0 spiro atoms. The molecule has 1 N–H and O–H groups in total. The fourth-order valence-electron chi connectivity index (χ4n) is 10.2. The van der Waals surface area contributed by atoms with Crippen LogP contribution in [0.25, 0.3) is 44.3 Å². The monoisotopic (exact) mass is 869 g/mol. The minimum atomic E-state index is 0.0708. The van der Waals surface area contributed by atoms with Crippen molar-refractivity contribution in [3.63, 3.8) is 0 Å². The number of hydrogen-bond donors (Lipinski definition) is 1. The van der Waals surface area contributed by atoms with Gasteiger partial charge in [-0.2, -0.15) is 0 Å². The van der Waals surface area contributed by atoms with Crippen molar-refractivity contribution in [1.29, 1.82) is 0 Å². The van der Waals surface area contributed by atoms with Crippen LogP contribution >= 0.6 is 0 Å². The molecule has 0 atom stereocenters.